The van der Waals surface area contributed by atoms with Crippen molar-refractivity contribution in [1.29, 1.82) is 0 Å². The van der Waals surface area contributed by atoms with Gasteiger partial charge < -0.3 is 9.84 Å². The molecule has 0 radical (unpaired) electrons. The topological polar surface area (TPSA) is 119 Å². The molecule has 1 aromatic carbocycles. The molecule has 1 atom stereocenters. The van der Waals surface area contributed by atoms with Crippen molar-refractivity contribution in [2.24, 2.45) is 0 Å². The van der Waals surface area contributed by atoms with Gasteiger partial charge in [0.15, 0.2) is 0 Å². The first-order chi connectivity index (χ1) is 9.77. The van der Waals surface area contributed by atoms with Crippen LogP contribution >= 0.6 is 0 Å². The third-order valence-electron chi connectivity index (χ3n) is 2.55. The molecule has 0 heterocycles. The summed E-state index contributed by atoms with van der Waals surface area (Å²) in [7, 11) is -2.60. The van der Waals surface area contributed by atoms with Gasteiger partial charge in [-0.05, 0) is 12.5 Å². The Balaban J connectivity index is 2.75. The van der Waals surface area contributed by atoms with E-state index in [0.717, 1.165) is 12.1 Å². The molecule has 0 bridgehead atoms. The predicted molar refractivity (Wildman–Crippen MR) is 70.7 cm³/mol. The normalized spacial score (nSPS) is 13.1. The number of nitro groups is 1. The van der Waals surface area contributed by atoms with Gasteiger partial charge in [0.25, 0.3) is 0 Å². The smallest absolute Gasteiger partial charge is 0.304 e. The summed E-state index contributed by atoms with van der Waals surface area (Å²) in [5, 5.41) is 19.8. The van der Waals surface area contributed by atoms with Gasteiger partial charge in [-0.1, -0.05) is 0 Å². The van der Waals surface area contributed by atoms with Gasteiger partial charge >= 0.3 is 5.69 Å². The first-order valence-electron chi connectivity index (χ1n) is 5.88. The van der Waals surface area contributed by atoms with Crippen molar-refractivity contribution < 1.29 is 27.6 Å². The number of halogens is 1. The Labute approximate surface area is 120 Å². The number of sulfonamides is 1. The van der Waals surface area contributed by atoms with Crippen LogP contribution in [-0.4, -0.2) is 44.8 Å². The van der Waals surface area contributed by atoms with E-state index in [1.165, 1.54) is 7.11 Å². The fourth-order valence-electron chi connectivity index (χ4n) is 1.52. The van der Waals surface area contributed by atoms with Crippen molar-refractivity contribution in [3.05, 3.63) is 34.1 Å². The number of rotatable bonds is 8. The van der Waals surface area contributed by atoms with E-state index in [0.29, 0.717) is 6.07 Å². The van der Waals surface area contributed by atoms with E-state index in [9.17, 15) is 28.0 Å². The van der Waals surface area contributed by atoms with Gasteiger partial charge in [-0.2, -0.15) is 4.39 Å². The minimum Gasteiger partial charge on any atom is -0.391 e. The number of aliphatic hydroxyl groups excluding tert-OH is 1. The van der Waals surface area contributed by atoms with Crippen molar-refractivity contribution in [3.63, 3.8) is 0 Å². The van der Waals surface area contributed by atoms with E-state index in [1.54, 1.807) is 0 Å². The molecule has 0 aromatic heterocycles. The van der Waals surface area contributed by atoms with Crippen molar-refractivity contribution in [2.45, 2.75) is 17.4 Å². The van der Waals surface area contributed by atoms with E-state index in [4.69, 9.17) is 0 Å². The molecular formula is C11H15FN2O6S. The van der Waals surface area contributed by atoms with Crippen LogP contribution in [-0.2, 0) is 14.8 Å². The number of nitrogens with one attached hydrogen (secondary N) is 1. The standard InChI is InChI=1S/C11H15FN2O6S/c1-20-7-8(15)4-5-13-21(18,19)9-2-3-11(14(16)17)10(12)6-9/h2-3,6,8,13,15H,4-5,7H2,1H3. The second-order valence-electron chi connectivity index (χ2n) is 4.17. The lowest BCUT2D eigenvalue weighted by atomic mass is 10.3. The molecule has 1 rings (SSSR count). The molecule has 1 aromatic rings. The number of ether oxygens (including phenoxy) is 1. The fourth-order valence-corrected chi connectivity index (χ4v) is 2.58. The molecule has 2 N–H and O–H groups in total. The minimum absolute atomic E-state index is 0.0634. The molecule has 118 valence electrons. The number of hydrogen-bond donors (Lipinski definition) is 2. The highest BCUT2D eigenvalue weighted by Crippen LogP contribution is 2.20. The van der Waals surface area contributed by atoms with Gasteiger partial charge in [0.1, 0.15) is 0 Å². The third-order valence-corrected chi connectivity index (χ3v) is 4.01. The second kappa shape index (κ2) is 7.41. The van der Waals surface area contributed by atoms with Crippen LogP contribution in [0.3, 0.4) is 0 Å². The molecule has 0 aliphatic heterocycles. The number of aliphatic hydroxyl groups is 1. The third kappa shape index (κ3) is 5.01. The van der Waals surface area contributed by atoms with Crippen molar-refractivity contribution in [2.75, 3.05) is 20.3 Å². The fraction of sp³-hybridized carbons (Fsp3) is 0.455. The van der Waals surface area contributed by atoms with Gasteiger partial charge in [-0.15, -0.1) is 0 Å². The summed E-state index contributed by atoms with van der Waals surface area (Å²) in [5.74, 6) is -1.23. The molecule has 0 amide bonds. The molecule has 0 fully saturated rings. The number of hydrogen-bond acceptors (Lipinski definition) is 6. The van der Waals surface area contributed by atoms with Crippen molar-refractivity contribution in [1.82, 2.24) is 4.72 Å². The molecule has 0 spiro atoms. The molecule has 0 saturated carbocycles. The van der Waals surface area contributed by atoms with Crippen LogP contribution in [0.25, 0.3) is 0 Å². The van der Waals surface area contributed by atoms with Crippen LogP contribution in [0.4, 0.5) is 10.1 Å². The molecular weight excluding hydrogens is 307 g/mol. The Kier molecular flexibility index (Phi) is 6.15. The second-order valence-corrected chi connectivity index (χ2v) is 5.93. The average molecular weight is 322 g/mol. The lowest BCUT2D eigenvalue weighted by Crippen LogP contribution is -2.28. The number of nitrogens with zero attached hydrogens (tertiary/aromatic N) is 1. The maximum absolute atomic E-state index is 13.4. The Hall–Kier alpha value is -1.62. The maximum atomic E-state index is 13.4. The molecule has 10 heteroatoms. The average Bonchev–Trinajstić information content (AvgIpc) is 2.38. The lowest BCUT2D eigenvalue weighted by Gasteiger charge is -2.10. The van der Waals surface area contributed by atoms with Gasteiger partial charge in [0, 0.05) is 25.8 Å². The summed E-state index contributed by atoms with van der Waals surface area (Å²) in [6.45, 7) is -0.0145. The zero-order valence-corrected chi connectivity index (χ0v) is 12.0. The highest BCUT2D eigenvalue weighted by molar-refractivity contribution is 7.89. The van der Waals surface area contributed by atoms with Crippen LogP contribution < -0.4 is 4.72 Å². The van der Waals surface area contributed by atoms with Crippen LogP contribution in [0.2, 0.25) is 0 Å². The summed E-state index contributed by atoms with van der Waals surface area (Å²) < 4.78 is 43.9. The van der Waals surface area contributed by atoms with Gasteiger partial charge in [-0.3, -0.25) is 10.1 Å². The van der Waals surface area contributed by atoms with Crippen LogP contribution in [0.1, 0.15) is 6.42 Å². The Morgan fingerprint density at radius 3 is 2.71 bits per heavy atom. The summed E-state index contributed by atoms with van der Waals surface area (Å²) in [5.41, 5.74) is -0.801. The lowest BCUT2D eigenvalue weighted by molar-refractivity contribution is -0.387. The number of nitro benzene ring substituents is 1. The van der Waals surface area contributed by atoms with Crippen LogP contribution in [0.5, 0.6) is 0 Å². The summed E-state index contributed by atoms with van der Waals surface area (Å²) in [4.78, 5) is 9.08. The summed E-state index contributed by atoms with van der Waals surface area (Å²) in [6, 6.07) is 2.30. The highest BCUT2D eigenvalue weighted by Gasteiger charge is 2.20. The molecule has 8 nitrogen and oxygen atoms in total. The largest absolute Gasteiger partial charge is 0.391 e. The Morgan fingerprint density at radius 1 is 1.52 bits per heavy atom. The number of methoxy groups -OCH3 is 1. The summed E-state index contributed by atoms with van der Waals surface area (Å²) in [6.07, 6.45) is -0.714. The monoisotopic (exact) mass is 322 g/mol. The van der Waals surface area contributed by atoms with E-state index in [2.05, 4.69) is 9.46 Å². The van der Waals surface area contributed by atoms with E-state index in [1.807, 2.05) is 0 Å². The van der Waals surface area contributed by atoms with Gasteiger partial charge in [0.05, 0.1) is 22.5 Å². The SMILES string of the molecule is COCC(O)CCNS(=O)(=O)c1ccc([N+](=O)[O-])c(F)c1. The molecule has 21 heavy (non-hydrogen) atoms. The first kappa shape index (κ1) is 17.4. The van der Waals surface area contributed by atoms with E-state index >= 15 is 0 Å². The van der Waals surface area contributed by atoms with Crippen LogP contribution in [0.15, 0.2) is 23.1 Å². The first-order valence-corrected chi connectivity index (χ1v) is 7.37. The Morgan fingerprint density at radius 2 is 2.19 bits per heavy atom. The molecule has 0 saturated heterocycles. The quantitative estimate of drug-likeness (QED) is 0.528. The van der Waals surface area contributed by atoms with Crippen molar-refractivity contribution in [3.8, 4) is 0 Å². The van der Waals surface area contributed by atoms with Gasteiger partial charge in [-0.25, -0.2) is 13.1 Å². The van der Waals surface area contributed by atoms with E-state index in [-0.39, 0.29) is 19.6 Å². The number of benzene rings is 1. The minimum atomic E-state index is -4.00. The highest BCUT2D eigenvalue weighted by atomic mass is 32.2. The zero-order valence-electron chi connectivity index (χ0n) is 11.2. The molecule has 1 unspecified atom stereocenters. The maximum Gasteiger partial charge on any atom is 0.304 e. The molecule has 0 aliphatic carbocycles. The van der Waals surface area contributed by atoms with Crippen LogP contribution in [0, 0.1) is 15.9 Å². The molecule has 0 aliphatic rings. The summed E-state index contributed by atoms with van der Waals surface area (Å²) >= 11 is 0. The van der Waals surface area contributed by atoms with Crippen molar-refractivity contribution >= 4 is 15.7 Å². The van der Waals surface area contributed by atoms with E-state index < -0.39 is 37.5 Å². The van der Waals surface area contributed by atoms with Gasteiger partial charge in [0.2, 0.25) is 15.8 Å². The predicted octanol–water partition coefficient (Wildman–Crippen LogP) is 0.410. The zero-order chi connectivity index (χ0) is 16.0. The Bertz CT molecular complexity index is 607.